The SMILES string of the molecule is Cc1nc(Nc2ncc(C=O)s2)cc(N2CCN(CCCC(N)=O)CC2)n1. The summed E-state index contributed by atoms with van der Waals surface area (Å²) in [6, 6.07) is 1.90. The average Bonchev–Trinajstić information content (AvgIpc) is 3.09. The molecule has 0 unspecified atom stereocenters. The van der Waals surface area contributed by atoms with Crippen LogP contribution in [0.15, 0.2) is 12.3 Å². The first-order chi connectivity index (χ1) is 13.0. The summed E-state index contributed by atoms with van der Waals surface area (Å²) >= 11 is 1.28. The molecule has 1 amide bonds. The van der Waals surface area contributed by atoms with E-state index in [2.05, 4.69) is 30.1 Å². The van der Waals surface area contributed by atoms with Gasteiger partial charge in [-0.05, 0) is 19.9 Å². The molecule has 0 saturated carbocycles. The summed E-state index contributed by atoms with van der Waals surface area (Å²) in [5, 5.41) is 3.77. The summed E-state index contributed by atoms with van der Waals surface area (Å²) in [6.45, 7) is 6.29. The maximum Gasteiger partial charge on any atom is 0.217 e. The summed E-state index contributed by atoms with van der Waals surface area (Å²) in [7, 11) is 0. The Bertz CT molecular complexity index is 802. The molecule has 0 spiro atoms. The molecule has 0 atom stereocenters. The van der Waals surface area contributed by atoms with Crippen molar-refractivity contribution in [2.24, 2.45) is 5.73 Å². The van der Waals surface area contributed by atoms with Crippen LogP contribution in [-0.4, -0.2) is 64.8 Å². The normalized spacial score (nSPS) is 14.9. The molecule has 144 valence electrons. The molecule has 3 heterocycles. The highest BCUT2D eigenvalue weighted by Crippen LogP contribution is 2.23. The number of nitrogens with one attached hydrogen (secondary N) is 1. The van der Waals surface area contributed by atoms with Gasteiger partial charge >= 0.3 is 0 Å². The summed E-state index contributed by atoms with van der Waals surface area (Å²) < 4.78 is 0. The number of hydrogen-bond donors (Lipinski definition) is 2. The van der Waals surface area contributed by atoms with Gasteiger partial charge in [0.15, 0.2) is 11.4 Å². The minimum Gasteiger partial charge on any atom is -0.370 e. The highest BCUT2D eigenvalue weighted by molar-refractivity contribution is 7.17. The van der Waals surface area contributed by atoms with Crippen LogP contribution in [0.3, 0.4) is 0 Å². The van der Waals surface area contributed by atoms with Crippen molar-refractivity contribution in [1.29, 1.82) is 0 Å². The first-order valence-electron chi connectivity index (χ1n) is 8.83. The topological polar surface area (TPSA) is 117 Å². The number of hydrogen-bond acceptors (Lipinski definition) is 9. The fourth-order valence-corrected chi connectivity index (χ4v) is 3.60. The molecule has 0 aromatic carbocycles. The molecule has 0 aliphatic carbocycles. The van der Waals surface area contributed by atoms with Gasteiger partial charge in [0.2, 0.25) is 5.91 Å². The molecular formula is C17H23N7O2S. The van der Waals surface area contributed by atoms with E-state index in [1.54, 1.807) is 0 Å². The van der Waals surface area contributed by atoms with Crippen molar-refractivity contribution in [3.05, 3.63) is 23.0 Å². The number of aryl methyl sites for hydroxylation is 1. The van der Waals surface area contributed by atoms with E-state index in [1.165, 1.54) is 17.5 Å². The van der Waals surface area contributed by atoms with Gasteiger partial charge in [0, 0.05) is 38.7 Å². The third-order valence-corrected chi connectivity index (χ3v) is 5.13. The van der Waals surface area contributed by atoms with Crippen LogP contribution in [-0.2, 0) is 4.79 Å². The molecule has 2 aromatic rings. The maximum atomic E-state index is 10.8. The van der Waals surface area contributed by atoms with Gasteiger partial charge in [-0.15, -0.1) is 0 Å². The molecular weight excluding hydrogens is 366 g/mol. The van der Waals surface area contributed by atoms with E-state index in [4.69, 9.17) is 5.73 Å². The third-order valence-electron chi connectivity index (χ3n) is 4.29. The van der Waals surface area contributed by atoms with E-state index in [-0.39, 0.29) is 5.91 Å². The number of nitrogens with two attached hydrogens (primary N) is 1. The summed E-state index contributed by atoms with van der Waals surface area (Å²) in [5.41, 5.74) is 5.19. The van der Waals surface area contributed by atoms with Gasteiger partial charge in [-0.2, -0.15) is 0 Å². The second-order valence-electron chi connectivity index (χ2n) is 6.37. The fourth-order valence-electron chi connectivity index (χ4n) is 2.96. The molecule has 1 fully saturated rings. The van der Waals surface area contributed by atoms with Gasteiger partial charge in [-0.25, -0.2) is 15.0 Å². The zero-order chi connectivity index (χ0) is 19.2. The van der Waals surface area contributed by atoms with Crippen molar-refractivity contribution in [2.75, 3.05) is 42.9 Å². The van der Waals surface area contributed by atoms with Gasteiger partial charge in [-0.3, -0.25) is 14.5 Å². The smallest absolute Gasteiger partial charge is 0.217 e. The van der Waals surface area contributed by atoms with Gasteiger partial charge in [0.25, 0.3) is 0 Å². The zero-order valence-electron chi connectivity index (χ0n) is 15.2. The first-order valence-corrected chi connectivity index (χ1v) is 9.64. The second-order valence-corrected chi connectivity index (χ2v) is 7.43. The minimum absolute atomic E-state index is 0.245. The fraction of sp³-hybridized carbons (Fsp3) is 0.471. The van der Waals surface area contributed by atoms with Crippen LogP contribution in [0.5, 0.6) is 0 Å². The Balaban J connectivity index is 1.59. The number of aldehydes is 1. The monoisotopic (exact) mass is 389 g/mol. The minimum atomic E-state index is -0.245. The molecule has 1 saturated heterocycles. The van der Waals surface area contributed by atoms with Gasteiger partial charge < -0.3 is 16.0 Å². The van der Waals surface area contributed by atoms with E-state index in [9.17, 15) is 9.59 Å². The van der Waals surface area contributed by atoms with Crippen molar-refractivity contribution in [1.82, 2.24) is 19.9 Å². The Morgan fingerprint density at radius 3 is 2.78 bits per heavy atom. The predicted octanol–water partition coefficient (Wildman–Crippen LogP) is 1.19. The predicted molar refractivity (Wildman–Crippen MR) is 105 cm³/mol. The lowest BCUT2D eigenvalue weighted by Crippen LogP contribution is -2.47. The number of thiazole rings is 1. The average molecular weight is 389 g/mol. The summed E-state index contributed by atoms with van der Waals surface area (Å²) in [4.78, 5) is 39.9. The number of nitrogens with zero attached hydrogens (tertiary/aromatic N) is 5. The molecule has 1 aliphatic heterocycles. The van der Waals surface area contributed by atoms with Crippen molar-refractivity contribution >= 4 is 40.3 Å². The number of carbonyl (C=O) groups excluding carboxylic acids is 2. The van der Waals surface area contributed by atoms with Gasteiger partial charge in [0.1, 0.15) is 17.5 Å². The lowest BCUT2D eigenvalue weighted by Gasteiger charge is -2.35. The van der Waals surface area contributed by atoms with E-state index in [1.807, 2.05) is 13.0 Å². The molecule has 3 rings (SSSR count). The summed E-state index contributed by atoms with van der Waals surface area (Å²) in [5.74, 6) is 1.96. The molecule has 10 heteroatoms. The molecule has 3 N–H and O–H groups in total. The Morgan fingerprint density at radius 2 is 2.11 bits per heavy atom. The lowest BCUT2D eigenvalue weighted by molar-refractivity contribution is -0.118. The molecule has 0 radical (unpaired) electrons. The van der Waals surface area contributed by atoms with E-state index >= 15 is 0 Å². The maximum absolute atomic E-state index is 10.8. The Kier molecular flexibility index (Phi) is 6.30. The number of piperazine rings is 1. The Morgan fingerprint density at radius 1 is 1.33 bits per heavy atom. The second kappa shape index (κ2) is 8.87. The highest BCUT2D eigenvalue weighted by atomic mass is 32.1. The number of anilines is 3. The van der Waals surface area contributed by atoms with Crippen molar-refractivity contribution in [2.45, 2.75) is 19.8 Å². The van der Waals surface area contributed by atoms with Crippen LogP contribution in [0.4, 0.5) is 16.8 Å². The zero-order valence-corrected chi connectivity index (χ0v) is 16.0. The number of aromatic nitrogens is 3. The van der Waals surface area contributed by atoms with Crippen LogP contribution in [0, 0.1) is 6.92 Å². The van der Waals surface area contributed by atoms with Crippen LogP contribution < -0.4 is 16.0 Å². The standard InChI is InChI=1S/C17H23N7O2S/c1-12-20-15(22-17-19-10-13(11-25)27-17)9-16(21-12)24-7-5-23(6-8-24)4-2-3-14(18)26/h9-11H,2-8H2,1H3,(H2,18,26)(H,19,20,21,22). The van der Waals surface area contributed by atoms with Crippen molar-refractivity contribution < 1.29 is 9.59 Å². The largest absolute Gasteiger partial charge is 0.370 e. The van der Waals surface area contributed by atoms with Crippen LogP contribution >= 0.6 is 11.3 Å². The van der Waals surface area contributed by atoms with Gasteiger partial charge in [0.05, 0.1) is 11.1 Å². The number of carbonyl (C=O) groups is 2. The van der Waals surface area contributed by atoms with E-state index in [0.717, 1.165) is 51.2 Å². The molecule has 9 nitrogen and oxygen atoms in total. The van der Waals surface area contributed by atoms with Gasteiger partial charge in [-0.1, -0.05) is 11.3 Å². The molecule has 2 aromatic heterocycles. The summed E-state index contributed by atoms with van der Waals surface area (Å²) in [6.07, 6.45) is 3.55. The number of amides is 1. The van der Waals surface area contributed by atoms with Crippen LogP contribution in [0.1, 0.15) is 28.3 Å². The number of rotatable bonds is 8. The molecule has 27 heavy (non-hydrogen) atoms. The molecule has 1 aliphatic rings. The van der Waals surface area contributed by atoms with Crippen LogP contribution in [0.25, 0.3) is 0 Å². The highest BCUT2D eigenvalue weighted by Gasteiger charge is 2.19. The number of primary amides is 1. The van der Waals surface area contributed by atoms with E-state index < -0.39 is 0 Å². The van der Waals surface area contributed by atoms with Crippen LogP contribution in [0.2, 0.25) is 0 Å². The van der Waals surface area contributed by atoms with Crippen molar-refractivity contribution in [3.63, 3.8) is 0 Å². The Labute approximate surface area is 161 Å². The molecule has 0 bridgehead atoms. The quantitative estimate of drug-likeness (QED) is 0.647. The van der Waals surface area contributed by atoms with E-state index in [0.29, 0.717) is 28.1 Å². The van der Waals surface area contributed by atoms with Crippen molar-refractivity contribution in [3.8, 4) is 0 Å². The lowest BCUT2D eigenvalue weighted by atomic mass is 10.2. The first kappa shape index (κ1) is 19.2. The third kappa shape index (κ3) is 5.44. The Hall–Kier alpha value is -2.59.